The Morgan fingerprint density at radius 1 is 1.35 bits per heavy atom. The number of para-hydroxylation sites is 1. The highest BCUT2D eigenvalue weighted by atomic mass is 79.9. The lowest BCUT2D eigenvalue weighted by molar-refractivity contribution is 0.102. The number of rotatable bonds is 2. The van der Waals surface area contributed by atoms with Crippen molar-refractivity contribution in [3.8, 4) is 6.07 Å². The Morgan fingerprint density at radius 2 is 2.05 bits per heavy atom. The Morgan fingerprint density at radius 3 is 2.75 bits per heavy atom. The van der Waals surface area contributed by atoms with E-state index in [0.717, 1.165) is 6.07 Å². The number of nitrogens with one attached hydrogen (secondary N) is 1. The molecule has 0 aliphatic carbocycles. The minimum Gasteiger partial charge on any atom is -0.396 e. The van der Waals surface area contributed by atoms with Gasteiger partial charge in [0, 0.05) is 4.47 Å². The molecule has 0 radical (unpaired) electrons. The molecular formula is C14H9BrFN3O. The second-order valence-corrected chi connectivity index (χ2v) is 4.82. The summed E-state index contributed by atoms with van der Waals surface area (Å²) in [7, 11) is 0. The molecule has 0 heterocycles. The normalized spacial score (nSPS) is 9.85. The van der Waals surface area contributed by atoms with Gasteiger partial charge >= 0.3 is 0 Å². The number of carbonyl (C=O) groups excluding carboxylic acids is 1. The first-order valence-corrected chi connectivity index (χ1v) is 6.37. The van der Waals surface area contributed by atoms with Gasteiger partial charge < -0.3 is 11.1 Å². The van der Waals surface area contributed by atoms with Gasteiger partial charge in [0.2, 0.25) is 0 Å². The highest BCUT2D eigenvalue weighted by Gasteiger charge is 2.14. The molecule has 0 aliphatic rings. The molecule has 3 N–H and O–H groups in total. The molecule has 0 spiro atoms. The molecule has 0 unspecified atom stereocenters. The molecule has 0 atom stereocenters. The average molecular weight is 334 g/mol. The summed E-state index contributed by atoms with van der Waals surface area (Å²) in [5.74, 6) is -1.09. The van der Waals surface area contributed by atoms with E-state index in [1.54, 1.807) is 24.3 Å². The average Bonchev–Trinajstić information content (AvgIpc) is 2.43. The maximum Gasteiger partial charge on any atom is 0.256 e. The van der Waals surface area contributed by atoms with Crippen molar-refractivity contribution < 1.29 is 9.18 Å². The second kappa shape index (κ2) is 5.72. The smallest absolute Gasteiger partial charge is 0.256 e. The predicted molar refractivity (Wildman–Crippen MR) is 77.6 cm³/mol. The van der Waals surface area contributed by atoms with Crippen LogP contribution in [0.1, 0.15) is 15.9 Å². The third-order valence-electron chi connectivity index (χ3n) is 2.63. The Bertz CT molecular complexity index is 725. The van der Waals surface area contributed by atoms with E-state index in [2.05, 4.69) is 21.2 Å². The van der Waals surface area contributed by atoms with Gasteiger partial charge in [-0.1, -0.05) is 12.1 Å². The van der Waals surface area contributed by atoms with Gasteiger partial charge in [-0.3, -0.25) is 4.79 Å². The zero-order valence-corrected chi connectivity index (χ0v) is 11.7. The van der Waals surface area contributed by atoms with E-state index < -0.39 is 11.7 Å². The molecule has 0 bridgehead atoms. The molecule has 1 amide bonds. The van der Waals surface area contributed by atoms with Crippen molar-refractivity contribution in [3.63, 3.8) is 0 Å². The van der Waals surface area contributed by atoms with Gasteiger partial charge in [-0.25, -0.2) is 4.39 Å². The lowest BCUT2D eigenvalue weighted by Crippen LogP contribution is -2.14. The van der Waals surface area contributed by atoms with E-state index >= 15 is 0 Å². The van der Waals surface area contributed by atoms with Crippen molar-refractivity contribution in [1.82, 2.24) is 0 Å². The van der Waals surface area contributed by atoms with Crippen LogP contribution in [0.15, 0.2) is 40.9 Å². The van der Waals surface area contributed by atoms with E-state index in [-0.39, 0.29) is 15.7 Å². The minimum absolute atomic E-state index is 0.119. The summed E-state index contributed by atoms with van der Waals surface area (Å²) < 4.78 is 13.5. The Kier molecular flexibility index (Phi) is 4.01. The zero-order valence-electron chi connectivity index (χ0n) is 10.2. The standard InChI is InChI=1S/C14H9BrFN3O/c15-10-6-11(16)12(18)5-9(10)14(20)19-13-4-2-1-3-8(13)7-17/h1-6H,18H2,(H,19,20). The van der Waals surface area contributed by atoms with Gasteiger partial charge in [0.05, 0.1) is 22.5 Å². The minimum atomic E-state index is -0.606. The number of benzene rings is 2. The van der Waals surface area contributed by atoms with E-state index in [4.69, 9.17) is 11.0 Å². The highest BCUT2D eigenvalue weighted by Crippen LogP contribution is 2.24. The van der Waals surface area contributed by atoms with Crippen molar-refractivity contribution in [3.05, 3.63) is 57.8 Å². The number of nitrogen functional groups attached to an aromatic ring is 1. The largest absolute Gasteiger partial charge is 0.396 e. The van der Waals surface area contributed by atoms with Crippen LogP contribution < -0.4 is 11.1 Å². The van der Waals surface area contributed by atoms with E-state index in [0.29, 0.717) is 11.3 Å². The van der Waals surface area contributed by atoms with Gasteiger partial charge in [0.1, 0.15) is 11.9 Å². The monoisotopic (exact) mass is 333 g/mol. The molecule has 2 aromatic rings. The van der Waals surface area contributed by atoms with Crippen LogP contribution in [0.3, 0.4) is 0 Å². The van der Waals surface area contributed by atoms with Crippen LogP contribution in [0.4, 0.5) is 15.8 Å². The molecule has 0 saturated heterocycles. The number of carbonyl (C=O) groups is 1. The van der Waals surface area contributed by atoms with E-state index in [9.17, 15) is 9.18 Å². The number of nitriles is 1. The first-order valence-electron chi connectivity index (χ1n) is 5.58. The summed E-state index contributed by atoms with van der Waals surface area (Å²) in [4.78, 5) is 12.1. The van der Waals surface area contributed by atoms with E-state index in [1.807, 2.05) is 6.07 Å². The number of anilines is 2. The predicted octanol–water partition coefficient (Wildman–Crippen LogP) is 3.29. The number of nitrogens with two attached hydrogens (primary N) is 1. The van der Waals surface area contributed by atoms with Crippen molar-refractivity contribution >= 4 is 33.2 Å². The Balaban J connectivity index is 2.34. The number of amides is 1. The van der Waals surface area contributed by atoms with Crippen molar-refractivity contribution in [2.45, 2.75) is 0 Å². The third kappa shape index (κ3) is 2.78. The van der Waals surface area contributed by atoms with Gasteiger partial charge in [-0.05, 0) is 40.2 Å². The van der Waals surface area contributed by atoms with Crippen LogP contribution in [0.25, 0.3) is 0 Å². The topological polar surface area (TPSA) is 78.9 Å². The molecule has 0 fully saturated rings. The molecule has 2 rings (SSSR count). The SMILES string of the molecule is N#Cc1ccccc1NC(=O)c1cc(N)c(F)cc1Br. The molecule has 0 aromatic heterocycles. The molecule has 20 heavy (non-hydrogen) atoms. The molecule has 6 heteroatoms. The fourth-order valence-corrected chi connectivity index (χ4v) is 2.11. The summed E-state index contributed by atoms with van der Waals surface area (Å²) in [6, 6.07) is 10.9. The summed E-state index contributed by atoms with van der Waals surface area (Å²) in [5.41, 5.74) is 6.25. The van der Waals surface area contributed by atoms with Crippen molar-refractivity contribution in [2.24, 2.45) is 0 Å². The van der Waals surface area contributed by atoms with Crippen LogP contribution in [0.2, 0.25) is 0 Å². The molecule has 100 valence electrons. The maximum atomic E-state index is 13.2. The Labute approximate surface area is 123 Å². The first-order chi connectivity index (χ1) is 9.52. The number of nitrogens with zero attached hydrogens (tertiary/aromatic N) is 1. The van der Waals surface area contributed by atoms with Gasteiger partial charge in [0.25, 0.3) is 5.91 Å². The fraction of sp³-hybridized carbons (Fsp3) is 0. The summed E-state index contributed by atoms with van der Waals surface area (Å²) >= 11 is 3.11. The van der Waals surface area contributed by atoms with Crippen molar-refractivity contribution in [1.29, 1.82) is 5.26 Å². The number of halogens is 2. The highest BCUT2D eigenvalue weighted by molar-refractivity contribution is 9.10. The lowest BCUT2D eigenvalue weighted by Gasteiger charge is -2.09. The molecule has 4 nitrogen and oxygen atoms in total. The van der Waals surface area contributed by atoms with Gasteiger partial charge in [-0.15, -0.1) is 0 Å². The maximum absolute atomic E-state index is 13.2. The number of hydrogen-bond donors (Lipinski definition) is 2. The quantitative estimate of drug-likeness (QED) is 0.827. The van der Waals surface area contributed by atoms with Gasteiger partial charge in [0.15, 0.2) is 0 Å². The lowest BCUT2D eigenvalue weighted by atomic mass is 10.1. The fourth-order valence-electron chi connectivity index (χ4n) is 1.62. The van der Waals surface area contributed by atoms with E-state index in [1.165, 1.54) is 6.07 Å². The first kappa shape index (κ1) is 14.0. The summed E-state index contributed by atoms with van der Waals surface area (Å²) in [6.07, 6.45) is 0. The van der Waals surface area contributed by atoms with Crippen molar-refractivity contribution in [2.75, 3.05) is 11.1 Å². The Hall–Kier alpha value is -2.39. The van der Waals surface area contributed by atoms with Crippen LogP contribution in [0.5, 0.6) is 0 Å². The molecule has 0 saturated carbocycles. The number of hydrogen-bond acceptors (Lipinski definition) is 3. The molecular weight excluding hydrogens is 325 g/mol. The molecule has 0 aliphatic heterocycles. The summed E-state index contributed by atoms with van der Waals surface area (Å²) in [5, 5.41) is 11.6. The van der Waals surface area contributed by atoms with Gasteiger partial charge in [-0.2, -0.15) is 5.26 Å². The van der Waals surface area contributed by atoms with Crippen LogP contribution in [-0.4, -0.2) is 5.91 Å². The zero-order chi connectivity index (χ0) is 14.7. The van der Waals surface area contributed by atoms with Crippen LogP contribution >= 0.6 is 15.9 Å². The van der Waals surface area contributed by atoms with Crippen LogP contribution in [-0.2, 0) is 0 Å². The second-order valence-electron chi connectivity index (χ2n) is 3.97. The third-order valence-corrected chi connectivity index (χ3v) is 3.28. The van der Waals surface area contributed by atoms with Crippen LogP contribution in [0, 0.1) is 17.1 Å². The summed E-state index contributed by atoms with van der Waals surface area (Å²) in [6.45, 7) is 0. The molecule has 2 aromatic carbocycles.